The van der Waals surface area contributed by atoms with Crippen molar-refractivity contribution < 1.29 is 0 Å². The zero-order valence-electron chi connectivity index (χ0n) is 14.8. The number of benzene rings is 2. The van der Waals surface area contributed by atoms with Crippen molar-refractivity contribution >= 4 is 40.0 Å². The summed E-state index contributed by atoms with van der Waals surface area (Å²) in [4.78, 5) is 13.9. The van der Waals surface area contributed by atoms with Gasteiger partial charge in [-0.2, -0.15) is 0 Å². The maximum atomic E-state index is 6.43. The lowest BCUT2D eigenvalue weighted by Gasteiger charge is -2.10. The Morgan fingerprint density at radius 3 is 2.57 bits per heavy atom. The molecule has 0 N–H and O–H groups in total. The molecular formula is C22H15ClN4S. The molecule has 0 bridgehead atoms. The maximum absolute atomic E-state index is 6.43. The van der Waals surface area contributed by atoms with Gasteiger partial charge in [-0.05, 0) is 17.7 Å². The van der Waals surface area contributed by atoms with Gasteiger partial charge in [0.15, 0.2) is 5.16 Å². The summed E-state index contributed by atoms with van der Waals surface area (Å²) in [6, 6.07) is 20.2. The quantitative estimate of drug-likeness (QED) is 0.277. The SMILES string of the molecule is Clc1ccccc1-c1cc2cnc(SCc3ccccc3)nc2n2ccnc12. The van der Waals surface area contributed by atoms with Crippen LogP contribution in [-0.2, 0) is 5.75 Å². The van der Waals surface area contributed by atoms with E-state index < -0.39 is 0 Å². The van der Waals surface area contributed by atoms with Crippen molar-refractivity contribution in [2.45, 2.75) is 10.9 Å². The van der Waals surface area contributed by atoms with Crippen LogP contribution in [0, 0.1) is 0 Å². The molecule has 0 unspecified atom stereocenters. The van der Waals surface area contributed by atoms with Gasteiger partial charge in [0.2, 0.25) is 0 Å². The van der Waals surface area contributed by atoms with Gasteiger partial charge in [-0.1, -0.05) is 71.9 Å². The number of nitrogens with zero attached hydrogens (tertiary/aromatic N) is 4. The van der Waals surface area contributed by atoms with Crippen molar-refractivity contribution in [3.05, 3.63) is 89.8 Å². The topological polar surface area (TPSA) is 43.1 Å². The number of aromatic nitrogens is 4. The molecule has 5 aromatic rings. The highest BCUT2D eigenvalue weighted by atomic mass is 35.5. The van der Waals surface area contributed by atoms with Crippen LogP contribution in [0.1, 0.15) is 5.56 Å². The number of hydrogen-bond acceptors (Lipinski definition) is 4. The standard InChI is InChI=1S/C22H15ClN4S/c23-19-9-5-4-8-17(19)18-12-16-13-25-22(28-14-15-6-2-1-3-7-15)26-20(16)27-11-10-24-21(18)27/h1-13H,14H2. The van der Waals surface area contributed by atoms with Crippen molar-refractivity contribution in [2.75, 3.05) is 0 Å². The van der Waals surface area contributed by atoms with E-state index in [1.165, 1.54) is 5.56 Å². The summed E-state index contributed by atoms with van der Waals surface area (Å²) < 4.78 is 2.00. The van der Waals surface area contributed by atoms with E-state index in [0.29, 0.717) is 5.02 Å². The molecule has 28 heavy (non-hydrogen) atoms. The molecule has 0 amide bonds. The van der Waals surface area contributed by atoms with E-state index in [2.05, 4.69) is 28.2 Å². The van der Waals surface area contributed by atoms with Gasteiger partial charge in [0.05, 0.1) is 0 Å². The molecule has 0 saturated carbocycles. The highest BCUT2D eigenvalue weighted by molar-refractivity contribution is 7.98. The van der Waals surface area contributed by atoms with E-state index in [0.717, 1.165) is 38.7 Å². The highest BCUT2D eigenvalue weighted by Gasteiger charge is 2.13. The Bertz CT molecular complexity index is 1280. The predicted molar refractivity (Wildman–Crippen MR) is 115 cm³/mol. The average Bonchev–Trinajstić information content (AvgIpc) is 3.23. The number of fused-ring (bicyclic) bond motifs is 3. The molecule has 0 radical (unpaired) electrons. The Hall–Kier alpha value is -2.89. The first-order valence-electron chi connectivity index (χ1n) is 8.84. The van der Waals surface area contributed by atoms with E-state index in [-0.39, 0.29) is 0 Å². The smallest absolute Gasteiger partial charge is 0.189 e. The highest BCUT2D eigenvalue weighted by Crippen LogP contribution is 2.33. The van der Waals surface area contributed by atoms with Crippen molar-refractivity contribution in [1.82, 2.24) is 19.4 Å². The van der Waals surface area contributed by atoms with E-state index in [9.17, 15) is 0 Å². The Balaban J connectivity index is 1.59. The minimum absolute atomic E-state index is 0.697. The summed E-state index contributed by atoms with van der Waals surface area (Å²) in [6.07, 6.45) is 5.58. The largest absolute Gasteiger partial charge is 0.283 e. The fourth-order valence-corrected chi connectivity index (χ4v) is 4.23. The molecule has 0 spiro atoms. The van der Waals surface area contributed by atoms with Crippen LogP contribution in [0.2, 0.25) is 5.02 Å². The van der Waals surface area contributed by atoms with Crippen LogP contribution >= 0.6 is 23.4 Å². The van der Waals surface area contributed by atoms with Gasteiger partial charge in [-0.3, -0.25) is 4.40 Å². The molecule has 4 nitrogen and oxygen atoms in total. The Morgan fingerprint density at radius 1 is 0.893 bits per heavy atom. The number of halogens is 1. The summed E-state index contributed by atoms with van der Waals surface area (Å²) >= 11 is 8.06. The van der Waals surface area contributed by atoms with Crippen molar-refractivity contribution in [1.29, 1.82) is 0 Å². The zero-order valence-corrected chi connectivity index (χ0v) is 16.4. The fourth-order valence-electron chi connectivity index (χ4n) is 3.22. The van der Waals surface area contributed by atoms with Gasteiger partial charge >= 0.3 is 0 Å². The van der Waals surface area contributed by atoms with Crippen LogP contribution in [0.3, 0.4) is 0 Å². The number of thioether (sulfide) groups is 1. The second-order valence-corrected chi connectivity index (χ2v) is 7.71. The van der Waals surface area contributed by atoms with Gasteiger partial charge in [0.25, 0.3) is 0 Å². The molecule has 3 heterocycles. The van der Waals surface area contributed by atoms with Gasteiger partial charge in [-0.15, -0.1) is 0 Å². The lowest BCUT2D eigenvalue weighted by atomic mass is 10.1. The van der Waals surface area contributed by atoms with E-state index >= 15 is 0 Å². The molecule has 136 valence electrons. The minimum atomic E-state index is 0.697. The molecule has 0 aliphatic rings. The average molecular weight is 403 g/mol. The number of rotatable bonds is 4. The first kappa shape index (κ1) is 17.2. The van der Waals surface area contributed by atoms with E-state index in [1.807, 2.05) is 59.3 Å². The molecule has 5 rings (SSSR count). The molecular weight excluding hydrogens is 388 g/mol. The van der Waals surface area contributed by atoms with E-state index in [4.69, 9.17) is 16.6 Å². The van der Waals surface area contributed by atoms with Crippen LogP contribution in [0.15, 0.2) is 84.4 Å². The summed E-state index contributed by atoms with van der Waals surface area (Å²) in [7, 11) is 0. The summed E-state index contributed by atoms with van der Waals surface area (Å²) in [5.41, 5.74) is 4.84. The number of pyridine rings is 1. The van der Waals surface area contributed by atoms with Crippen LogP contribution < -0.4 is 0 Å². The summed E-state index contributed by atoms with van der Waals surface area (Å²) in [5, 5.41) is 2.39. The molecule has 0 aliphatic heterocycles. The Morgan fingerprint density at radius 2 is 1.71 bits per heavy atom. The third kappa shape index (κ3) is 3.13. The minimum Gasteiger partial charge on any atom is -0.283 e. The van der Waals surface area contributed by atoms with Crippen molar-refractivity contribution in [2.24, 2.45) is 0 Å². The van der Waals surface area contributed by atoms with Crippen LogP contribution in [-0.4, -0.2) is 19.4 Å². The lowest BCUT2D eigenvalue weighted by molar-refractivity contribution is 0.977. The Labute approximate surface area is 171 Å². The van der Waals surface area contributed by atoms with Crippen LogP contribution in [0.5, 0.6) is 0 Å². The third-order valence-electron chi connectivity index (χ3n) is 4.56. The van der Waals surface area contributed by atoms with Crippen LogP contribution in [0.4, 0.5) is 0 Å². The number of hydrogen-bond donors (Lipinski definition) is 0. The zero-order chi connectivity index (χ0) is 18.9. The first-order chi connectivity index (χ1) is 13.8. The van der Waals surface area contributed by atoms with Crippen LogP contribution in [0.25, 0.3) is 27.8 Å². The molecule has 3 aromatic heterocycles. The maximum Gasteiger partial charge on any atom is 0.189 e. The molecule has 0 atom stereocenters. The Kier molecular flexibility index (Phi) is 4.47. The molecule has 0 fully saturated rings. The van der Waals surface area contributed by atoms with Crippen molar-refractivity contribution in [3.63, 3.8) is 0 Å². The molecule has 6 heteroatoms. The molecule has 0 saturated heterocycles. The molecule has 0 aliphatic carbocycles. The monoisotopic (exact) mass is 402 g/mol. The fraction of sp³-hybridized carbons (Fsp3) is 0.0455. The number of imidazole rings is 1. The van der Waals surface area contributed by atoms with Gasteiger partial charge < -0.3 is 0 Å². The summed E-state index contributed by atoms with van der Waals surface area (Å²) in [6.45, 7) is 0. The van der Waals surface area contributed by atoms with Gasteiger partial charge in [0, 0.05) is 45.9 Å². The summed E-state index contributed by atoms with van der Waals surface area (Å²) in [5.74, 6) is 0.830. The second-order valence-electron chi connectivity index (χ2n) is 6.36. The second kappa shape index (κ2) is 7.26. The first-order valence-corrected chi connectivity index (χ1v) is 10.2. The van der Waals surface area contributed by atoms with Gasteiger partial charge in [0.1, 0.15) is 11.3 Å². The van der Waals surface area contributed by atoms with E-state index in [1.54, 1.807) is 18.0 Å². The predicted octanol–water partition coefficient (Wildman–Crippen LogP) is 5.89. The van der Waals surface area contributed by atoms with Crippen molar-refractivity contribution in [3.8, 4) is 11.1 Å². The van der Waals surface area contributed by atoms with Gasteiger partial charge in [-0.25, -0.2) is 15.0 Å². The lowest BCUT2D eigenvalue weighted by Crippen LogP contribution is -1.97. The normalized spacial score (nSPS) is 11.3. The molecule has 2 aromatic carbocycles. The third-order valence-corrected chi connectivity index (χ3v) is 5.82.